The Morgan fingerprint density at radius 3 is 2.96 bits per heavy atom. The van der Waals surface area contributed by atoms with Crippen molar-refractivity contribution in [3.8, 4) is 11.4 Å². The zero-order valence-electron chi connectivity index (χ0n) is 13.5. The molecule has 7 heteroatoms. The van der Waals surface area contributed by atoms with Crippen LogP contribution in [0, 0.1) is 12.8 Å². The molecule has 1 atom stereocenters. The second-order valence-electron chi connectivity index (χ2n) is 6.28. The number of nitrogens with zero attached hydrogens (tertiary/aromatic N) is 3. The Kier molecular flexibility index (Phi) is 4.50. The van der Waals surface area contributed by atoms with Gasteiger partial charge in [0.2, 0.25) is 10.0 Å². The zero-order valence-corrected chi connectivity index (χ0v) is 14.3. The minimum Gasteiger partial charge on any atom is -0.282 e. The van der Waals surface area contributed by atoms with Gasteiger partial charge in [0.05, 0.1) is 11.9 Å². The number of rotatable bonds is 4. The van der Waals surface area contributed by atoms with Crippen molar-refractivity contribution < 1.29 is 8.42 Å². The normalized spacial score (nSPS) is 19.8. The van der Waals surface area contributed by atoms with Crippen molar-refractivity contribution in [1.82, 2.24) is 19.5 Å². The highest BCUT2D eigenvalue weighted by Gasteiger charge is 2.26. The minimum atomic E-state index is -3.11. The van der Waals surface area contributed by atoms with E-state index in [0.29, 0.717) is 19.0 Å². The van der Waals surface area contributed by atoms with Crippen LogP contribution in [-0.4, -0.2) is 47.2 Å². The SMILES string of the molecule is Cc1cc(-c2ncccc2CC2CCCN(S(C)(=O)=O)C2)n[nH]1. The number of pyridine rings is 1. The van der Waals surface area contributed by atoms with Gasteiger partial charge in [-0.05, 0) is 49.8 Å². The van der Waals surface area contributed by atoms with E-state index in [4.69, 9.17) is 0 Å². The van der Waals surface area contributed by atoms with Gasteiger partial charge in [0.15, 0.2) is 0 Å². The fourth-order valence-corrected chi connectivity index (χ4v) is 4.12. The van der Waals surface area contributed by atoms with E-state index in [-0.39, 0.29) is 0 Å². The number of hydrogen-bond donors (Lipinski definition) is 1. The third-order valence-corrected chi connectivity index (χ3v) is 5.57. The third kappa shape index (κ3) is 3.79. The molecule has 1 saturated heterocycles. The lowest BCUT2D eigenvalue weighted by Crippen LogP contribution is -2.39. The summed E-state index contributed by atoms with van der Waals surface area (Å²) >= 11 is 0. The summed E-state index contributed by atoms with van der Waals surface area (Å²) in [5.41, 5.74) is 3.85. The van der Waals surface area contributed by atoms with E-state index in [9.17, 15) is 8.42 Å². The van der Waals surface area contributed by atoms with Crippen molar-refractivity contribution in [2.24, 2.45) is 5.92 Å². The Morgan fingerprint density at radius 1 is 1.43 bits per heavy atom. The van der Waals surface area contributed by atoms with E-state index < -0.39 is 10.0 Å². The first-order valence-electron chi connectivity index (χ1n) is 7.85. The molecule has 1 fully saturated rings. The average Bonchev–Trinajstić information content (AvgIpc) is 2.94. The molecule has 2 aromatic rings. The predicted octanol–water partition coefficient (Wildman–Crippen LogP) is 1.99. The molecule has 3 rings (SSSR count). The van der Waals surface area contributed by atoms with Crippen LogP contribution in [0.1, 0.15) is 24.1 Å². The van der Waals surface area contributed by atoms with E-state index in [2.05, 4.69) is 21.2 Å². The van der Waals surface area contributed by atoms with Gasteiger partial charge in [-0.1, -0.05) is 6.07 Å². The summed E-state index contributed by atoms with van der Waals surface area (Å²) in [5.74, 6) is 0.321. The summed E-state index contributed by atoms with van der Waals surface area (Å²) in [6, 6.07) is 5.97. The molecule has 1 aliphatic heterocycles. The van der Waals surface area contributed by atoms with E-state index in [1.165, 1.54) is 6.26 Å². The van der Waals surface area contributed by atoms with Crippen molar-refractivity contribution in [3.63, 3.8) is 0 Å². The van der Waals surface area contributed by atoms with Crippen LogP contribution in [-0.2, 0) is 16.4 Å². The topological polar surface area (TPSA) is 79.0 Å². The summed E-state index contributed by atoms with van der Waals surface area (Å²) in [6.07, 6.45) is 5.83. The Morgan fingerprint density at radius 2 is 2.26 bits per heavy atom. The van der Waals surface area contributed by atoms with Crippen molar-refractivity contribution >= 4 is 10.0 Å². The Bertz CT molecular complexity index is 785. The summed E-state index contributed by atoms with van der Waals surface area (Å²) in [5, 5.41) is 7.25. The maximum atomic E-state index is 11.8. The van der Waals surface area contributed by atoms with Crippen LogP contribution < -0.4 is 0 Å². The second-order valence-corrected chi connectivity index (χ2v) is 8.26. The minimum absolute atomic E-state index is 0.321. The van der Waals surface area contributed by atoms with Crippen LogP contribution in [0.5, 0.6) is 0 Å². The molecule has 0 aromatic carbocycles. The number of aromatic nitrogens is 3. The van der Waals surface area contributed by atoms with E-state index >= 15 is 0 Å². The fraction of sp³-hybridized carbons (Fsp3) is 0.500. The van der Waals surface area contributed by atoms with Gasteiger partial charge in [-0.3, -0.25) is 10.1 Å². The largest absolute Gasteiger partial charge is 0.282 e. The summed E-state index contributed by atoms with van der Waals surface area (Å²) in [4.78, 5) is 4.48. The molecular formula is C16H22N4O2S. The van der Waals surface area contributed by atoms with Crippen molar-refractivity contribution in [2.75, 3.05) is 19.3 Å². The first-order chi connectivity index (χ1) is 10.9. The highest BCUT2D eigenvalue weighted by Crippen LogP contribution is 2.27. The number of aromatic amines is 1. The van der Waals surface area contributed by atoms with Gasteiger partial charge in [-0.2, -0.15) is 5.10 Å². The quantitative estimate of drug-likeness (QED) is 0.927. The van der Waals surface area contributed by atoms with Gasteiger partial charge in [0.25, 0.3) is 0 Å². The molecule has 0 bridgehead atoms. The molecule has 0 amide bonds. The molecule has 0 aliphatic carbocycles. The van der Waals surface area contributed by atoms with Crippen LogP contribution in [0.4, 0.5) is 0 Å². The summed E-state index contributed by atoms with van der Waals surface area (Å²) < 4.78 is 25.1. The van der Waals surface area contributed by atoms with Gasteiger partial charge >= 0.3 is 0 Å². The van der Waals surface area contributed by atoms with Gasteiger partial charge in [-0.25, -0.2) is 12.7 Å². The lowest BCUT2D eigenvalue weighted by molar-refractivity contribution is 0.267. The van der Waals surface area contributed by atoms with Crippen LogP contribution in [0.15, 0.2) is 24.4 Å². The molecule has 23 heavy (non-hydrogen) atoms. The van der Waals surface area contributed by atoms with Gasteiger partial charge in [0.1, 0.15) is 5.69 Å². The molecule has 1 N–H and O–H groups in total. The smallest absolute Gasteiger partial charge is 0.211 e. The van der Waals surface area contributed by atoms with Crippen molar-refractivity contribution in [2.45, 2.75) is 26.2 Å². The zero-order chi connectivity index (χ0) is 16.4. The number of hydrogen-bond acceptors (Lipinski definition) is 4. The lowest BCUT2D eigenvalue weighted by atomic mass is 9.91. The Balaban J connectivity index is 1.81. The maximum Gasteiger partial charge on any atom is 0.211 e. The second kappa shape index (κ2) is 6.41. The van der Waals surface area contributed by atoms with Crippen molar-refractivity contribution in [1.29, 1.82) is 0 Å². The standard InChI is InChI=1S/C16H22N4O2S/c1-12-9-15(19-18-12)16-14(6-3-7-17-16)10-13-5-4-8-20(11-13)23(2,21)22/h3,6-7,9,13H,4-5,8,10-11H2,1-2H3,(H,18,19). The van der Waals surface area contributed by atoms with Gasteiger partial charge in [0, 0.05) is 25.0 Å². The number of sulfonamides is 1. The van der Waals surface area contributed by atoms with Crippen LogP contribution >= 0.6 is 0 Å². The molecule has 2 aromatic heterocycles. The first kappa shape index (κ1) is 16.1. The van der Waals surface area contributed by atoms with Crippen LogP contribution in [0.2, 0.25) is 0 Å². The Hall–Kier alpha value is -1.73. The Labute approximate surface area is 137 Å². The molecule has 0 spiro atoms. The van der Waals surface area contributed by atoms with Crippen molar-refractivity contribution in [3.05, 3.63) is 35.7 Å². The van der Waals surface area contributed by atoms with Gasteiger partial charge < -0.3 is 0 Å². The summed E-state index contributed by atoms with van der Waals surface area (Å²) in [6.45, 7) is 3.19. The third-order valence-electron chi connectivity index (χ3n) is 4.30. The number of piperidine rings is 1. The predicted molar refractivity (Wildman–Crippen MR) is 89.4 cm³/mol. The molecule has 1 unspecified atom stereocenters. The number of aryl methyl sites for hydroxylation is 1. The molecule has 124 valence electrons. The van der Waals surface area contributed by atoms with E-state index in [1.807, 2.05) is 19.1 Å². The maximum absolute atomic E-state index is 11.8. The van der Waals surface area contributed by atoms with Crippen LogP contribution in [0.3, 0.4) is 0 Å². The van der Waals surface area contributed by atoms with Gasteiger partial charge in [-0.15, -0.1) is 0 Å². The molecular weight excluding hydrogens is 312 g/mol. The van der Waals surface area contributed by atoms with E-state index in [1.54, 1.807) is 10.5 Å². The fourth-order valence-electron chi connectivity index (χ4n) is 3.18. The monoisotopic (exact) mass is 334 g/mol. The summed E-state index contributed by atoms with van der Waals surface area (Å²) in [7, 11) is -3.11. The average molecular weight is 334 g/mol. The molecule has 3 heterocycles. The highest BCUT2D eigenvalue weighted by atomic mass is 32.2. The highest BCUT2D eigenvalue weighted by molar-refractivity contribution is 7.88. The molecule has 0 radical (unpaired) electrons. The number of nitrogens with one attached hydrogen (secondary N) is 1. The molecule has 6 nitrogen and oxygen atoms in total. The van der Waals surface area contributed by atoms with Crippen LogP contribution in [0.25, 0.3) is 11.4 Å². The number of H-pyrrole nitrogens is 1. The lowest BCUT2D eigenvalue weighted by Gasteiger charge is -2.31. The molecule has 1 aliphatic rings. The molecule has 0 saturated carbocycles. The first-order valence-corrected chi connectivity index (χ1v) is 9.69. The van der Waals surface area contributed by atoms with E-state index in [0.717, 1.165) is 41.9 Å².